The number of aromatic nitrogens is 4. The van der Waals surface area contributed by atoms with E-state index in [0.29, 0.717) is 17.5 Å². The number of nitrogens with zero attached hydrogens (tertiary/aromatic N) is 4. The number of thiophene rings is 1. The molecule has 0 spiro atoms. The van der Waals surface area contributed by atoms with Crippen molar-refractivity contribution in [3.63, 3.8) is 0 Å². The molecule has 12 aromatic rings. The van der Waals surface area contributed by atoms with E-state index in [-0.39, 0.29) is 0 Å². The number of fused-ring (bicyclic) bond motifs is 9. The lowest BCUT2D eigenvalue weighted by molar-refractivity contribution is 0.669. The van der Waals surface area contributed by atoms with Crippen LogP contribution in [0.1, 0.15) is 0 Å². The van der Waals surface area contributed by atoms with Crippen LogP contribution in [0.25, 0.3) is 115 Å². The first kappa shape index (κ1) is 31.9. The van der Waals surface area contributed by atoms with Crippen LogP contribution in [-0.2, 0) is 0 Å². The quantitative estimate of drug-likeness (QED) is 0.176. The van der Waals surface area contributed by atoms with E-state index < -0.39 is 0 Å². The van der Waals surface area contributed by atoms with Crippen LogP contribution in [0.4, 0.5) is 0 Å². The highest BCUT2D eigenvalue weighted by molar-refractivity contribution is 7.25. The van der Waals surface area contributed by atoms with Crippen LogP contribution < -0.4 is 0 Å². The zero-order valence-electron chi connectivity index (χ0n) is 30.4. The molecule has 0 amide bonds. The van der Waals surface area contributed by atoms with Crippen LogP contribution in [0.3, 0.4) is 0 Å². The Bertz CT molecular complexity index is 3420. The maximum absolute atomic E-state index is 6.58. The molecule has 4 heterocycles. The van der Waals surface area contributed by atoms with Crippen LogP contribution >= 0.6 is 11.3 Å². The monoisotopic (exact) mass is 746 g/mol. The van der Waals surface area contributed by atoms with E-state index in [1.165, 1.54) is 47.7 Å². The predicted octanol–water partition coefficient (Wildman–Crippen LogP) is 13.9. The first-order chi connectivity index (χ1) is 28.2. The van der Waals surface area contributed by atoms with Crippen molar-refractivity contribution in [1.82, 2.24) is 19.5 Å². The van der Waals surface area contributed by atoms with Crippen LogP contribution in [0, 0.1) is 0 Å². The van der Waals surface area contributed by atoms with Gasteiger partial charge in [0.05, 0.1) is 11.0 Å². The van der Waals surface area contributed by atoms with Crippen molar-refractivity contribution in [2.75, 3.05) is 0 Å². The zero-order chi connectivity index (χ0) is 37.5. The normalized spacial score (nSPS) is 11.9. The zero-order valence-corrected chi connectivity index (χ0v) is 31.2. The summed E-state index contributed by atoms with van der Waals surface area (Å²) in [4.78, 5) is 15.0. The lowest BCUT2D eigenvalue weighted by atomic mass is 10.0. The highest BCUT2D eigenvalue weighted by Gasteiger charge is 2.19. The molecular weight excluding hydrogens is 717 g/mol. The Labute approximate surface area is 330 Å². The molecular formula is C51H30N4OS. The fourth-order valence-electron chi connectivity index (χ4n) is 8.41. The van der Waals surface area contributed by atoms with Gasteiger partial charge in [0.15, 0.2) is 17.5 Å². The molecule has 0 aliphatic rings. The average Bonchev–Trinajstić information content (AvgIpc) is 3.95. The molecule has 0 aliphatic heterocycles. The molecule has 4 aromatic heterocycles. The van der Waals surface area contributed by atoms with Crippen LogP contribution in [0.5, 0.6) is 0 Å². The summed E-state index contributed by atoms with van der Waals surface area (Å²) < 4.78 is 11.5. The van der Waals surface area contributed by atoms with Crippen molar-refractivity contribution in [2.45, 2.75) is 0 Å². The van der Waals surface area contributed by atoms with Gasteiger partial charge in [-0.15, -0.1) is 11.3 Å². The average molecular weight is 747 g/mol. The number of hydrogen-bond donors (Lipinski definition) is 0. The third-order valence-corrected chi connectivity index (χ3v) is 12.2. The van der Waals surface area contributed by atoms with Crippen LogP contribution in [0.15, 0.2) is 186 Å². The Morgan fingerprint density at radius 2 is 0.947 bits per heavy atom. The highest BCUT2D eigenvalue weighted by atomic mass is 32.1. The fourth-order valence-corrected chi connectivity index (χ4v) is 9.58. The van der Waals surface area contributed by atoms with Crippen LogP contribution in [0.2, 0.25) is 0 Å². The Kier molecular flexibility index (Phi) is 7.03. The number of furan rings is 1. The summed E-state index contributed by atoms with van der Waals surface area (Å²) in [5.74, 6) is 1.87. The second kappa shape index (κ2) is 12.6. The van der Waals surface area contributed by atoms with Gasteiger partial charge in [-0.3, -0.25) is 0 Å². The second-order valence-corrected chi connectivity index (χ2v) is 15.5. The first-order valence-corrected chi connectivity index (χ1v) is 19.8. The molecule has 0 N–H and O–H groups in total. The van der Waals surface area contributed by atoms with Gasteiger partial charge in [-0.1, -0.05) is 133 Å². The smallest absolute Gasteiger partial charge is 0.164 e. The fraction of sp³-hybridized carbons (Fsp3) is 0. The maximum atomic E-state index is 6.58. The van der Waals surface area contributed by atoms with E-state index in [1.807, 2.05) is 84.1 Å². The molecule has 12 rings (SSSR count). The number of benzene rings is 8. The number of para-hydroxylation sites is 2. The molecule has 0 atom stereocenters. The van der Waals surface area contributed by atoms with E-state index in [9.17, 15) is 0 Å². The molecule has 8 aromatic carbocycles. The van der Waals surface area contributed by atoms with Gasteiger partial charge in [0.2, 0.25) is 0 Å². The molecule has 0 fully saturated rings. The van der Waals surface area contributed by atoms with Crippen LogP contribution in [-0.4, -0.2) is 19.5 Å². The van der Waals surface area contributed by atoms with Crippen molar-refractivity contribution >= 4 is 75.3 Å². The molecule has 0 aliphatic carbocycles. The summed E-state index contributed by atoms with van der Waals surface area (Å²) in [6.45, 7) is 0. The summed E-state index contributed by atoms with van der Waals surface area (Å²) >= 11 is 1.84. The largest absolute Gasteiger partial charge is 0.456 e. The minimum Gasteiger partial charge on any atom is -0.456 e. The van der Waals surface area contributed by atoms with Crippen molar-refractivity contribution in [3.05, 3.63) is 182 Å². The van der Waals surface area contributed by atoms with Crippen molar-refractivity contribution in [3.8, 4) is 51.0 Å². The molecule has 266 valence electrons. The summed E-state index contributed by atoms with van der Waals surface area (Å²) in [6.07, 6.45) is 0. The molecule has 0 radical (unpaired) electrons. The minimum absolute atomic E-state index is 0.608. The molecule has 0 bridgehead atoms. The minimum atomic E-state index is 0.608. The molecule has 5 nitrogen and oxygen atoms in total. The summed E-state index contributed by atoms with van der Waals surface area (Å²) in [5.41, 5.74) is 10.3. The van der Waals surface area contributed by atoms with Gasteiger partial charge < -0.3 is 8.98 Å². The van der Waals surface area contributed by atoms with Crippen molar-refractivity contribution in [2.24, 2.45) is 0 Å². The van der Waals surface area contributed by atoms with Gasteiger partial charge in [0.1, 0.15) is 11.2 Å². The van der Waals surface area contributed by atoms with Gasteiger partial charge in [0, 0.05) is 64.1 Å². The van der Waals surface area contributed by atoms with Crippen molar-refractivity contribution < 1.29 is 4.42 Å². The Hall–Kier alpha value is -7.41. The Morgan fingerprint density at radius 3 is 1.63 bits per heavy atom. The van der Waals surface area contributed by atoms with E-state index >= 15 is 0 Å². The summed E-state index contributed by atoms with van der Waals surface area (Å²) in [6, 6.07) is 63.8. The van der Waals surface area contributed by atoms with Gasteiger partial charge in [0.25, 0.3) is 0 Å². The van der Waals surface area contributed by atoms with Gasteiger partial charge in [-0.25, -0.2) is 15.0 Å². The summed E-state index contributed by atoms with van der Waals surface area (Å²) in [5, 5.41) is 7.09. The lowest BCUT2D eigenvalue weighted by Gasteiger charge is -2.09. The number of hydrogen-bond acceptors (Lipinski definition) is 5. The van der Waals surface area contributed by atoms with E-state index in [2.05, 4.69) is 114 Å². The van der Waals surface area contributed by atoms with Gasteiger partial charge in [-0.05, 0) is 59.7 Å². The molecule has 0 saturated carbocycles. The third kappa shape index (κ3) is 5.12. The lowest BCUT2D eigenvalue weighted by Crippen LogP contribution is -2.00. The Balaban J connectivity index is 0.953. The second-order valence-electron chi connectivity index (χ2n) is 14.4. The SMILES string of the molecule is c1ccc(-c2nc(-c3ccccc3)nc(-c3cccc4oc5cc(-c6ccc7c(c6)sc6cc(-n8c9ccccc9c9ccccc98)ccc67)ccc5c34)n2)cc1. The molecule has 57 heavy (non-hydrogen) atoms. The maximum Gasteiger partial charge on any atom is 0.164 e. The summed E-state index contributed by atoms with van der Waals surface area (Å²) in [7, 11) is 0. The van der Waals surface area contributed by atoms with Gasteiger partial charge in [-0.2, -0.15) is 0 Å². The molecule has 6 heteroatoms. The van der Waals surface area contributed by atoms with E-state index in [1.54, 1.807) is 0 Å². The van der Waals surface area contributed by atoms with Crippen molar-refractivity contribution in [1.29, 1.82) is 0 Å². The predicted molar refractivity (Wildman–Crippen MR) is 236 cm³/mol. The van der Waals surface area contributed by atoms with E-state index in [0.717, 1.165) is 49.8 Å². The molecule has 0 saturated heterocycles. The van der Waals surface area contributed by atoms with Gasteiger partial charge >= 0.3 is 0 Å². The van der Waals surface area contributed by atoms with E-state index in [4.69, 9.17) is 19.4 Å². The topological polar surface area (TPSA) is 56.7 Å². The molecule has 0 unspecified atom stereocenters. The highest BCUT2D eigenvalue weighted by Crippen LogP contribution is 2.41. The first-order valence-electron chi connectivity index (χ1n) is 19.0. The number of rotatable bonds is 5. The third-order valence-electron chi connectivity index (χ3n) is 11.1. The standard InChI is InChI=1S/C51H30N4OS/c1-3-12-31(13-4-1)49-52-50(32-14-5-2-6-15-32)54-51(53-49)41-18-11-21-44-48(41)40-26-23-33(28-45(40)56-44)34-22-25-38-39-27-24-35(30-47(39)57-46(38)29-34)55-42-19-9-7-16-36(42)37-17-8-10-20-43(37)55/h1-30H. The Morgan fingerprint density at radius 1 is 0.386 bits per heavy atom.